The fourth-order valence-corrected chi connectivity index (χ4v) is 11.3. The number of nitrogens with zero attached hydrogens (tertiary/aromatic N) is 7. The number of carbonyl (C=O) groups is 2. The monoisotopic (exact) mass is 1090 g/mol. The molecule has 0 spiro atoms. The molecule has 346 valence electrons. The fraction of sp³-hybridized carbons (Fsp3) is 0.167. The Bertz CT molecular complexity index is 3130. The van der Waals surface area contributed by atoms with Crippen LogP contribution in [0.2, 0.25) is 0 Å². The van der Waals surface area contributed by atoms with Crippen LogP contribution in [0.3, 0.4) is 0 Å². The minimum Gasteiger partial charge on any atom is -0.753 e. The van der Waals surface area contributed by atoms with Crippen LogP contribution in [0.4, 0.5) is 13.2 Å². The molecule has 20 heteroatoms. The number of unbranched alkanes of at least 4 members (excludes halogenated alkanes) is 3. The van der Waals surface area contributed by atoms with Crippen molar-refractivity contribution in [3.05, 3.63) is 130 Å². The minimum absolute atomic E-state index is 0. The van der Waals surface area contributed by atoms with E-state index in [0.29, 0.717) is 52.9 Å². The maximum absolute atomic E-state index is 12.7. The maximum atomic E-state index is 12.7. The van der Waals surface area contributed by atoms with Crippen molar-refractivity contribution in [3.63, 3.8) is 0 Å². The van der Waals surface area contributed by atoms with Crippen molar-refractivity contribution in [2.75, 3.05) is 0 Å². The molecule has 0 N–H and O–H groups in total. The number of pyridine rings is 4. The van der Waals surface area contributed by atoms with Gasteiger partial charge in [-0.2, -0.15) is 18.3 Å². The van der Waals surface area contributed by atoms with Crippen LogP contribution in [0.5, 0.6) is 11.5 Å². The van der Waals surface area contributed by atoms with Gasteiger partial charge in [0.2, 0.25) is 0 Å². The Balaban J connectivity index is 0.000000222. The first-order valence-corrected chi connectivity index (χ1v) is 24.1. The molecule has 0 bridgehead atoms. The number of thiophene rings is 4. The fourth-order valence-electron chi connectivity index (χ4n) is 6.80. The van der Waals surface area contributed by atoms with Gasteiger partial charge in [-0.15, -0.1) is 45.3 Å². The number of alkyl halides is 3. The first-order chi connectivity index (χ1) is 32.5. The number of fused-ring (bicyclic) bond motifs is 1. The molecule has 9 aromatic rings. The largest absolute Gasteiger partial charge is 2.00 e. The topological polar surface area (TPSA) is 153 Å². The van der Waals surface area contributed by atoms with E-state index in [1.54, 1.807) is 65.4 Å². The number of carbonyl (C=O) groups excluding carboxylic acids is 2. The van der Waals surface area contributed by atoms with Crippen molar-refractivity contribution in [2.45, 2.75) is 52.1 Å². The first kappa shape index (κ1) is 51.4. The predicted molar refractivity (Wildman–Crippen MR) is 264 cm³/mol. The molecule has 11 nitrogen and oxygen atoms in total. The standard InChI is InChI=1S/C28H17N3O4S3.C19H19F3N3S.CNS.Ru/c1-16-8-18-10-27(38-28(18)36-16)26-3-2-25(37-26)17-4-6-29-21(9-17)23-12-20(35-15-33)13-24(31-23)22-11-19(34-14-32)5-7-30-22;1-2-3-4-5-6-13-8-10-26-18(13)14-7-9-23-15(11-14)16-12-17(25-24-16)19(20,21)22;2-1-3;/h2-15H,1H3;7-12H,2-6H2,1H3;;/q;2*-1;+2. The minimum atomic E-state index is -4.50. The van der Waals surface area contributed by atoms with E-state index < -0.39 is 11.9 Å². The average Bonchev–Trinajstić information content (AvgIpc) is 4.18. The quantitative estimate of drug-likeness (QED) is 0.0317. The molecule has 68 heavy (non-hydrogen) atoms. The maximum Gasteiger partial charge on any atom is 2.00 e. The van der Waals surface area contributed by atoms with E-state index in [-0.39, 0.29) is 25.2 Å². The van der Waals surface area contributed by atoms with Crippen molar-refractivity contribution in [2.24, 2.45) is 0 Å². The van der Waals surface area contributed by atoms with Gasteiger partial charge in [0, 0.05) is 66.6 Å². The molecule has 0 radical (unpaired) electrons. The summed E-state index contributed by atoms with van der Waals surface area (Å²) in [4.78, 5) is 45.6. The van der Waals surface area contributed by atoms with E-state index in [9.17, 15) is 22.8 Å². The number of ether oxygens (including phenoxy) is 2. The Labute approximate surface area is 422 Å². The molecule has 0 aliphatic carbocycles. The van der Waals surface area contributed by atoms with Crippen molar-refractivity contribution in [1.29, 1.82) is 0 Å². The summed E-state index contributed by atoms with van der Waals surface area (Å²) in [7, 11) is 0. The molecule has 0 atom stereocenters. The van der Waals surface area contributed by atoms with Gasteiger partial charge in [-0.1, -0.05) is 44.1 Å². The number of aryl methyl sites for hydroxylation is 2. The van der Waals surface area contributed by atoms with Crippen molar-refractivity contribution in [1.82, 2.24) is 30.1 Å². The third kappa shape index (κ3) is 13.2. The number of thiocarbonyl (C=S) groups is 1. The molecule has 0 aliphatic rings. The molecule has 0 saturated heterocycles. The zero-order valence-corrected chi connectivity index (χ0v) is 41.7. The molecule has 9 heterocycles. The summed E-state index contributed by atoms with van der Waals surface area (Å²) >= 11 is 10.7. The molecule has 0 aromatic carbocycles. The van der Waals surface area contributed by atoms with E-state index in [1.807, 2.05) is 40.9 Å². The molecular weight excluding hydrogens is 1060 g/mol. The van der Waals surface area contributed by atoms with Crippen LogP contribution in [0, 0.1) is 6.92 Å². The van der Waals surface area contributed by atoms with Crippen LogP contribution in [0.15, 0.2) is 109 Å². The van der Waals surface area contributed by atoms with Gasteiger partial charge in [-0.3, -0.25) is 24.5 Å². The van der Waals surface area contributed by atoms with Crippen molar-refractivity contribution in [3.8, 4) is 76.3 Å². The van der Waals surface area contributed by atoms with Crippen LogP contribution < -0.4 is 14.6 Å². The van der Waals surface area contributed by atoms with Gasteiger partial charge in [0.1, 0.15) is 17.2 Å². The van der Waals surface area contributed by atoms with E-state index in [0.717, 1.165) is 39.8 Å². The van der Waals surface area contributed by atoms with Crippen LogP contribution in [0.25, 0.3) is 79.6 Å². The van der Waals surface area contributed by atoms with E-state index in [1.165, 1.54) is 60.2 Å². The van der Waals surface area contributed by atoms with Gasteiger partial charge in [-0.25, -0.2) is 4.98 Å². The van der Waals surface area contributed by atoms with Gasteiger partial charge in [-0.05, 0) is 109 Å². The Morgan fingerprint density at radius 1 is 0.735 bits per heavy atom. The molecular formula is C48H36F3N7O4RuS5. The summed E-state index contributed by atoms with van der Waals surface area (Å²) in [6.45, 7) is 5.02. The Hall–Kier alpha value is -5.98. The Kier molecular flexibility index (Phi) is 18.4. The molecule has 0 fully saturated rings. The zero-order chi connectivity index (χ0) is 47.3. The first-order valence-electron chi connectivity index (χ1n) is 20.4. The predicted octanol–water partition coefficient (Wildman–Crippen LogP) is 13.9. The van der Waals surface area contributed by atoms with Gasteiger partial charge in [0.25, 0.3) is 12.9 Å². The molecule has 0 amide bonds. The molecule has 0 aliphatic heterocycles. The average molecular weight is 1090 g/mol. The number of aromatic nitrogens is 6. The molecule has 0 unspecified atom stereocenters. The number of hydrogen-bond acceptors (Lipinski definition) is 14. The third-order valence-corrected chi connectivity index (χ3v) is 14.5. The van der Waals surface area contributed by atoms with Crippen molar-refractivity contribution >= 4 is 85.1 Å². The second kappa shape index (κ2) is 24.3. The van der Waals surface area contributed by atoms with Gasteiger partial charge < -0.3 is 25.1 Å². The number of rotatable bonds is 15. The smallest absolute Gasteiger partial charge is 0.753 e. The van der Waals surface area contributed by atoms with Crippen LogP contribution in [-0.2, 0) is 41.7 Å². The third-order valence-electron chi connectivity index (χ3n) is 9.81. The summed E-state index contributed by atoms with van der Waals surface area (Å²) in [5.74, 6) is 0.617. The van der Waals surface area contributed by atoms with Gasteiger partial charge in [0.05, 0.1) is 32.5 Å². The number of hydrogen-bond donors (Lipinski definition) is 0. The zero-order valence-electron chi connectivity index (χ0n) is 35.9. The second-order valence-corrected chi connectivity index (χ2v) is 19.2. The van der Waals surface area contributed by atoms with Crippen LogP contribution >= 0.6 is 57.6 Å². The number of isothiocyanates is 1. The summed E-state index contributed by atoms with van der Waals surface area (Å²) < 4.78 is 49.6. The molecule has 9 aromatic heterocycles. The molecule has 0 saturated carbocycles. The summed E-state index contributed by atoms with van der Waals surface area (Å²) in [6, 6.07) is 25.8. The number of halogens is 3. The Morgan fingerprint density at radius 2 is 1.38 bits per heavy atom. The normalized spacial score (nSPS) is 10.8. The van der Waals surface area contributed by atoms with Crippen molar-refractivity contribution < 1.29 is 51.7 Å². The summed E-state index contributed by atoms with van der Waals surface area (Å²) in [5.41, 5.74) is 4.78. The summed E-state index contributed by atoms with van der Waals surface area (Å²) in [5, 5.41) is 18.7. The van der Waals surface area contributed by atoms with E-state index in [4.69, 9.17) is 19.9 Å². The Morgan fingerprint density at radius 3 is 2.07 bits per heavy atom. The van der Waals surface area contributed by atoms with Crippen LogP contribution in [-0.4, -0.2) is 43.1 Å². The van der Waals surface area contributed by atoms with Crippen LogP contribution in [0.1, 0.15) is 48.7 Å². The van der Waals surface area contributed by atoms with Gasteiger partial charge in [0.15, 0.2) is 0 Å². The summed E-state index contributed by atoms with van der Waals surface area (Å²) in [6.07, 6.45) is 6.13. The van der Waals surface area contributed by atoms with E-state index in [2.05, 4.69) is 86.9 Å². The molecule has 9 rings (SSSR count). The van der Waals surface area contributed by atoms with Gasteiger partial charge >= 0.3 is 25.7 Å². The SMILES string of the molecule is CCCCCCc1ccsc1-c1ccnc(-c2cc(C(F)(F)F)n[n-]2)c1.Cc1cc2cc(-c3ccc(-c4ccnc(-c5cc(OC=O)cc(-c6cc(OC=O)ccn6)n5)c4)s3)sc2s1.[N-]=C=S.[Ru+2]. The van der Waals surface area contributed by atoms with E-state index >= 15 is 0 Å². The second-order valence-electron chi connectivity index (χ2n) is 14.4.